The largest absolute Gasteiger partial charge is 0.487 e. The van der Waals surface area contributed by atoms with Gasteiger partial charge in [-0.05, 0) is 56.2 Å². The molecule has 0 fully saturated rings. The van der Waals surface area contributed by atoms with Crippen LogP contribution in [0.3, 0.4) is 0 Å². The summed E-state index contributed by atoms with van der Waals surface area (Å²) < 4.78 is 18.6. The van der Waals surface area contributed by atoms with Gasteiger partial charge in [-0.15, -0.1) is 0 Å². The van der Waals surface area contributed by atoms with Crippen LogP contribution in [0.2, 0.25) is 12.1 Å². The van der Waals surface area contributed by atoms with E-state index >= 15 is 0 Å². The molecule has 0 aromatic carbocycles. The second-order valence-corrected chi connectivity index (χ2v) is 12.3. The van der Waals surface area contributed by atoms with Crippen molar-refractivity contribution in [3.05, 3.63) is 0 Å². The molecule has 6 nitrogen and oxygen atoms in total. The van der Waals surface area contributed by atoms with E-state index < -0.39 is 13.7 Å². The fourth-order valence-electron chi connectivity index (χ4n) is 2.82. The summed E-state index contributed by atoms with van der Waals surface area (Å²) in [5.74, 6) is 0.872. The molecule has 186 valence electrons. The topological polar surface area (TPSA) is 77.2 Å². The Labute approximate surface area is 207 Å². The van der Waals surface area contributed by atoms with Crippen molar-refractivity contribution in [1.29, 1.82) is 0 Å². The van der Waals surface area contributed by atoms with Gasteiger partial charge in [0.2, 0.25) is 0 Å². The summed E-state index contributed by atoms with van der Waals surface area (Å²) in [7, 11) is -2.16. The van der Waals surface area contributed by atoms with Crippen molar-refractivity contribution in [2.75, 3.05) is 32.1 Å². The van der Waals surface area contributed by atoms with Gasteiger partial charge in [-0.1, -0.05) is 53.9 Å². The number of thiocarbonyl (C=S) groups is 2. The van der Waals surface area contributed by atoms with E-state index in [0.717, 1.165) is 89.1 Å². The third-order valence-corrected chi connectivity index (χ3v) is 9.49. The first-order valence-corrected chi connectivity index (χ1v) is 15.6. The molecule has 10 heteroatoms. The van der Waals surface area contributed by atoms with Crippen LogP contribution in [-0.2, 0) is 13.0 Å². The Morgan fingerprint density at radius 1 is 0.871 bits per heavy atom. The third kappa shape index (κ3) is 20.2. The smallest absolute Gasteiger partial charge is 0.339 e. The van der Waals surface area contributed by atoms with Crippen LogP contribution in [0, 0.1) is 0 Å². The number of hydrogen-bond acceptors (Lipinski definition) is 6. The van der Waals surface area contributed by atoms with Gasteiger partial charge in [0.15, 0.2) is 0 Å². The average molecular weight is 515 g/mol. The van der Waals surface area contributed by atoms with E-state index in [9.17, 15) is 0 Å². The molecule has 0 radical (unpaired) electrons. The Kier molecular flexibility index (Phi) is 24.6. The minimum absolute atomic E-state index is 0.500. The molecular weight excluding hydrogens is 469 g/mol. The number of rotatable bonds is 18. The quantitative estimate of drug-likeness (QED) is 0.0943. The highest BCUT2D eigenvalue weighted by molar-refractivity contribution is 7.96. The predicted octanol–water partition coefficient (Wildman–Crippen LogP) is 6.33. The van der Waals surface area contributed by atoms with Crippen molar-refractivity contribution < 1.29 is 18.1 Å². The van der Waals surface area contributed by atoms with Crippen LogP contribution < -0.4 is 5.73 Å². The summed E-state index contributed by atoms with van der Waals surface area (Å²) in [5.41, 5.74) is 4.40. The summed E-state index contributed by atoms with van der Waals surface area (Å²) in [6.07, 6.45) is 7.78. The standard InChI is InChI=1S/C20H43NO3S2Si.CH3NOS/c1-6-11-15-22-27(18-10-5,23-16-12-7-2)19-17-26-24-20(25)21(13-8-3)14-9-4;2-1(3)4/h6-19H2,1-5H3;(H3,2,3,4). The molecule has 0 aliphatic heterocycles. The summed E-state index contributed by atoms with van der Waals surface area (Å²) >= 11 is 10.8. The number of unbranched alkanes of at least 4 members (excludes halogenated alkanes) is 2. The van der Waals surface area contributed by atoms with Gasteiger partial charge >= 0.3 is 8.56 Å². The molecule has 0 rings (SSSR count). The predicted molar refractivity (Wildman–Crippen MR) is 145 cm³/mol. The molecule has 31 heavy (non-hydrogen) atoms. The maximum atomic E-state index is 7.56. The molecule has 0 aliphatic carbocycles. The van der Waals surface area contributed by atoms with E-state index in [1.165, 1.54) is 12.0 Å². The van der Waals surface area contributed by atoms with Crippen LogP contribution in [0.25, 0.3) is 0 Å². The van der Waals surface area contributed by atoms with E-state index in [-0.39, 0.29) is 0 Å². The van der Waals surface area contributed by atoms with Gasteiger partial charge in [-0.2, -0.15) is 0 Å². The monoisotopic (exact) mass is 514 g/mol. The minimum Gasteiger partial charge on any atom is -0.487 e. The number of aliphatic hydroxyl groups excluding tert-OH is 1. The fourth-order valence-corrected chi connectivity index (χ4v) is 7.72. The van der Waals surface area contributed by atoms with E-state index in [1.54, 1.807) is 0 Å². The molecule has 0 aromatic heterocycles. The summed E-state index contributed by atoms with van der Waals surface area (Å²) in [6.45, 7) is 14.5. The first-order chi connectivity index (χ1) is 14.8. The minimum atomic E-state index is -2.16. The maximum absolute atomic E-state index is 7.56. The molecule has 0 heterocycles. The molecule has 0 saturated heterocycles. The van der Waals surface area contributed by atoms with Crippen LogP contribution in [0.4, 0.5) is 0 Å². The Bertz CT molecular complexity index is 429. The highest BCUT2D eigenvalue weighted by atomic mass is 32.2. The van der Waals surface area contributed by atoms with Gasteiger partial charge in [-0.25, -0.2) is 0 Å². The van der Waals surface area contributed by atoms with Gasteiger partial charge in [-0.3, -0.25) is 0 Å². The van der Waals surface area contributed by atoms with Crippen LogP contribution in [-0.4, -0.2) is 61.0 Å². The molecule has 0 amide bonds. The van der Waals surface area contributed by atoms with Gasteiger partial charge in [0, 0.05) is 38.1 Å². The van der Waals surface area contributed by atoms with Crippen molar-refractivity contribution in [2.45, 2.75) is 91.7 Å². The number of aliphatic hydroxyl groups is 1. The Balaban J connectivity index is 0. The molecule has 0 aromatic rings. The molecule has 0 saturated carbocycles. The summed E-state index contributed by atoms with van der Waals surface area (Å²) in [6, 6.07) is 2.02. The normalized spacial score (nSPS) is 10.9. The fraction of sp³-hybridized carbons (Fsp3) is 0.905. The molecule has 0 aliphatic rings. The molecular formula is C21H46N2O4S3Si. The van der Waals surface area contributed by atoms with E-state index in [2.05, 4.69) is 57.5 Å². The molecule has 0 unspecified atom stereocenters. The second kappa shape index (κ2) is 23.0. The van der Waals surface area contributed by atoms with Gasteiger partial charge in [0.05, 0.1) is 12.0 Å². The number of nitrogens with two attached hydrogens (primary N) is 1. The zero-order chi connectivity index (χ0) is 24.0. The molecule has 0 atom stereocenters. The zero-order valence-electron chi connectivity index (χ0n) is 20.3. The van der Waals surface area contributed by atoms with Crippen LogP contribution in [0.15, 0.2) is 0 Å². The summed E-state index contributed by atoms with van der Waals surface area (Å²) in [4.78, 5) is 2.16. The highest BCUT2D eigenvalue weighted by Gasteiger charge is 2.36. The SMILES string of the molecule is CCCCO[Si](CCC)(CCSOC(=S)N(CCC)CCC)OCCCC.NC(O)=S. The van der Waals surface area contributed by atoms with E-state index in [1.807, 2.05) is 0 Å². The van der Waals surface area contributed by atoms with Crippen molar-refractivity contribution in [1.82, 2.24) is 4.90 Å². The lowest BCUT2D eigenvalue weighted by atomic mass is 10.4. The van der Waals surface area contributed by atoms with Gasteiger partial charge < -0.3 is 28.8 Å². The van der Waals surface area contributed by atoms with Crippen LogP contribution in [0.1, 0.15) is 79.6 Å². The number of hydrogen-bond donors (Lipinski definition) is 2. The maximum Gasteiger partial charge on any atom is 0.339 e. The second-order valence-electron chi connectivity index (χ2n) is 7.31. The van der Waals surface area contributed by atoms with Gasteiger partial charge in [0.25, 0.3) is 10.3 Å². The highest BCUT2D eigenvalue weighted by Crippen LogP contribution is 2.25. The van der Waals surface area contributed by atoms with Crippen LogP contribution >= 0.6 is 36.5 Å². The van der Waals surface area contributed by atoms with Crippen molar-refractivity contribution in [2.24, 2.45) is 5.73 Å². The van der Waals surface area contributed by atoms with E-state index in [4.69, 9.17) is 30.4 Å². The van der Waals surface area contributed by atoms with Gasteiger partial charge in [0.1, 0.15) is 0 Å². The first kappa shape index (κ1) is 33.0. The Morgan fingerprint density at radius 2 is 1.35 bits per heavy atom. The molecule has 0 bridgehead atoms. The number of nitrogens with zero attached hydrogens (tertiary/aromatic N) is 1. The average Bonchev–Trinajstić information content (AvgIpc) is 2.71. The summed E-state index contributed by atoms with van der Waals surface area (Å²) in [5, 5.41) is 7.68. The van der Waals surface area contributed by atoms with Crippen molar-refractivity contribution >= 4 is 55.4 Å². The lowest BCUT2D eigenvalue weighted by Gasteiger charge is -2.31. The Morgan fingerprint density at radius 3 is 1.74 bits per heavy atom. The molecule has 0 spiro atoms. The Hall–Kier alpha value is -0.133. The lowest BCUT2D eigenvalue weighted by molar-refractivity contribution is 0.163. The molecule has 3 N–H and O–H groups in total. The third-order valence-electron chi connectivity index (χ3n) is 4.30. The zero-order valence-corrected chi connectivity index (χ0v) is 23.8. The van der Waals surface area contributed by atoms with Crippen LogP contribution in [0.5, 0.6) is 0 Å². The van der Waals surface area contributed by atoms with Crippen molar-refractivity contribution in [3.63, 3.8) is 0 Å². The lowest BCUT2D eigenvalue weighted by Crippen LogP contribution is -2.43. The van der Waals surface area contributed by atoms with E-state index in [0.29, 0.717) is 5.17 Å². The van der Waals surface area contributed by atoms with Crippen molar-refractivity contribution in [3.8, 4) is 0 Å². The first-order valence-electron chi connectivity index (χ1n) is 11.7.